The first kappa shape index (κ1) is 21.7. The van der Waals surface area contributed by atoms with Crippen molar-refractivity contribution in [3.05, 3.63) is 66.1 Å². The number of likely N-dealkylation sites (tertiary alicyclic amines) is 1. The molecule has 2 unspecified atom stereocenters. The van der Waals surface area contributed by atoms with Gasteiger partial charge in [0.2, 0.25) is 0 Å². The van der Waals surface area contributed by atoms with Crippen LogP contribution < -0.4 is 4.74 Å². The Bertz CT molecular complexity index is 1180. The maximum absolute atomic E-state index is 13.9. The quantitative estimate of drug-likeness (QED) is 0.513. The van der Waals surface area contributed by atoms with Crippen molar-refractivity contribution in [2.45, 2.75) is 46.1 Å². The fraction of sp³-hybridized carbons (Fsp3) is 0.407. The molecule has 2 heterocycles. The van der Waals surface area contributed by atoms with Crippen LogP contribution in [-0.2, 0) is 0 Å². The lowest BCUT2D eigenvalue weighted by Crippen LogP contribution is -2.38. The number of hydrogen-bond acceptors (Lipinski definition) is 3. The van der Waals surface area contributed by atoms with Crippen molar-refractivity contribution in [1.29, 1.82) is 0 Å². The normalized spacial score (nSPS) is 23.5. The lowest BCUT2D eigenvalue weighted by Gasteiger charge is -2.39. The minimum Gasteiger partial charge on any atom is -0.497 e. The van der Waals surface area contributed by atoms with Gasteiger partial charge in [0.15, 0.2) is 0 Å². The molecular weight excluding hydrogens is 417 g/mol. The number of nitrogens with zero attached hydrogens (tertiary/aromatic N) is 3. The summed E-state index contributed by atoms with van der Waals surface area (Å²) in [5.41, 5.74) is 3.10. The molecule has 1 aliphatic carbocycles. The number of rotatable bonds is 4. The van der Waals surface area contributed by atoms with Crippen LogP contribution in [0.1, 0.15) is 50.5 Å². The van der Waals surface area contributed by atoms with Gasteiger partial charge in [0.25, 0.3) is 5.91 Å². The van der Waals surface area contributed by atoms with Crippen LogP contribution in [0.2, 0.25) is 0 Å². The maximum atomic E-state index is 13.9. The van der Waals surface area contributed by atoms with Gasteiger partial charge >= 0.3 is 0 Å². The Balaban J connectivity index is 1.56. The second-order valence-corrected chi connectivity index (χ2v) is 10.7. The summed E-state index contributed by atoms with van der Waals surface area (Å²) in [5.74, 6) is 0.420. The van der Waals surface area contributed by atoms with Gasteiger partial charge in [-0.15, -0.1) is 0 Å². The molecule has 2 aromatic carbocycles. The van der Waals surface area contributed by atoms with E-state index in [1.54, 1.807) is 23.9 Å². The number of benzene rings is 2. The van der Waals surface area contributed by atoms with E-state index in [0.29, 0.717) is 17.1 Å². The first-order valence-corrected chi connectivity index (χ1v) is 11.5. The van der Waals surface area contributed by atoms with Crippen LogP contribution in [0.15, 0.2) is 54.6 Å². The molecule has 1 amide bonds. The molecule has 1 aromatic heterocycles. The highest BCUT2D eigenvalue weighted by Gasteiger charge is 2.51. The van der Waals surface area contributed by atoms with E-state index >= 15 is 0 Å². The summed E-state index contributed by atoms with van der Waals surface area (Å²) in [6, 6.07) is 15.8. The number of carbonyl (C=O) groups is 1. The first-order chi connectivity index (χ1) is 15.7. The Kier molecular flexibility index (Phi) is 5.07. The molecule has 0 spiro atoms. The van der Waals surface area contributed by atoms with Crippen molar-refractivity contribution in [1.82, 2.24) is 14.7 Å². The number of methoxy groups -OCH3 is 1. The lowest BCUT2D eigenvalue weighted by molar-refractivity contribution is 0.0699. The summed E-state index contributed by atoms with van der Waals surface area (Å²) >= 11 is 0. The van der Waals surface area contributed by atoms with Crippen LogP contribution in [0.3, 0.4) is 0 Å². The van der Waals surface area contributed by atoms with E-state index in [-0.39, 0.29) is 28.6 Å². The smallest absolute Gasteiger partial charge is 0.272 e. The van der Waals surface area contributed by atoms with Crippen molar-refractivity contribution in [3.8, 4) is 22.7 Å². The molecule has 5 rings (SSSR count). The number of carbonyl (C=O) groups excluding carboxylic acids is 1. The number of aromatic nitrogens is 2. The van der Waals surface area contributed by atoms with Gasteiger partial charge in [-0.25, -0.2) is 9.07 Å². The van der Waals surface area contributed by atoms with Crippen molar-refractivity contribution in [2.24, 2.45) is 10.8 Å². The number of hydrogen-bond donors (Lipinski definition) is 0. The second-order valence-electron chi connectivity index (χ2n) is 10.7. The van der Waals surface area contributed by atoms with Gasteiger partial charge < -0.3 is 9.64 Å². The predicted molar refractivity (Wildman–Crippen MR) is 126 cm³/mol. The van der Waals surface area contributed by atoms with Gasteiger partial charge in [-0.05, 0) is 84.7 Å². The Morgan fingerprint density at radius 2 is 1.76 bits per heavy atom. The maximum Gasteiger partial charge on any atom is 0.272 e. The van der Waals surface area contributed by atoms with Crippen molar-refractivity contribution in [3.63, 3.8) is 0 Å². The predicted octanol–water partition coefficient (Wildman–Crippen LogP) is 5.73. The molecule has 172 valence electrons. The summed E-state index contributed by atoms with van der Waals surface area (Å²) in [4.78, 5) is 16.0. The largest absolute Gasteiger partial charge is 0.497 e. The van der Waals surface area contributed by atoms with E-state index in [9.17, 15) is 9.18 Å². The first-order valence-electron chi connectivity index (χ1n) is 11.5. The SMILES string of the molecule is COc1ccc(-c2cc(C(=O)N3CC4(C)CC3CC(C)(C)C4)n(-c3ccc(F)cc3)n2)cc1. The molecule has 0 N–H and O–H groups in total. The Morgan fingerprint density at radius 1 is 1.06 bits per heavy atom. The third kappa shape index (κ3) is 4.03. The van der Waals surface area contributed by atoms with Crippen LogP contribution in [-0.4, -0.2) is 40.3 Å². The zero-order valence-electron chi connectivity index (χ0n) is 19.6. The highest BCUT2D eigenvalue weighted by molar-refractivity contribution is 5.95. The average Bonchev–Trinajstić information content (AvgIpc) is 3.32. The number of ether oxygens (including phenoxy) is 1. The van der Waals surface area contributed by atoms with E-state index in [1.165, 1.54) is 12.1 Å². The summed E-state index contributed by atoms with van der Waals surface area (Å²) in [7, 11) is 1.63. The third-order valence-corrected chi connectivity index (χ3v) is 7.06. The third-order valence-electron chi connectivity index (χ3n) is 7.06. The van der Waals surface area contributed by atoms with E-state index in [4.69, 9.17) is 9.84 Å². The average molecular weight is 448 g/mol. The highest BCUT2D eigenvalue weighted by Crippen LogP contribution is 2.52. The lowest BCUT2D eigenvalue weighted by atomic mass is 9.65. The summed E-state index contributed by atoms with van der Waals surface area (Å²) in [6.07, 6.45) is 3.16. The van der Waals surface area contributed by atoms with Crippen LogP contribution in [0.5, 0.6) is 5.75 Å². The fourth-order valence-corrected chi connectivity index (χ4v) is 6.06. The molecule has 2 bridgehead atoms. The van der Waals surface area contributed by atoms with Gasteiger partial charge in [0.1, 0.15) is 17.3 Å². The van der Waals surface area contributed by atoms with Crippen molar-refractivity contribution >= 4 is 5.91 Å². The zero-order valence-corrected chi connectivity index (χ0v) is 19.6. The van der Waals surface area contributed by atoms with Gasteiger partial charge in [0.05, 0.1) is 18.5 Å². The molecule has 1 saturated heterocycles. The minimum atomic E-state index is -0.322. The zero-order chi connectivity index (χ0) is 23.4. The molecule has 33 heavy (non-hydrogen) atoms. The van der Waals surface area contributed by atoms with E-state index in [1.807, 2.05) is 35.2 Å². The molecule has 2 aliphatic rings. The molecule has 1 aliphatic heterocycles. The van der Waals surface area contributed by atoms with Crippen LogP contribution in [0.4, 0.5) is 4.39 Å². The molecule has 6 heteroatoms. The Labute approximate surface area is 194 Å². The molecule has 1 saturated carbocycles. The second kappa shape index (κ2) is 7.72. The van der Waals surface area contributed by atoms with E-state index in [2.05, 4.69) is 20.8 Å². The topological polar surface area (TPSA) is 47.4 Å². The number of fused-ring (bicyclic) bond motifs is 2. The number of amides is 1. The van der Waals surface area contributed by atoms with Gasteiger partial charge in [-0.1, -0.05) is 20.8 Å². The monoisotopic (exact) mass is 447 g/mol. The summed E-state index contributed by atoms with van der Waals surface area (Å²) in [5, 5.41) is 4.77. The molecule has 3 aromatic rings. The molecule has 0 radical (unpaired) electrons. The fourth-order valence-electron chi connectivity index (χ4n) is 6.06. The molecule has 5 nitrogen and oxygen atoms in total. The molecular formula is C27H30FN3O2. The van der Waals surface area contributed by atoms with Gasteiger partial charge in [0, 0.05) is 18.2 Å². The van der Waals surface area contributed by atoms with E-state index in [0.717, 1.165) is 37.1 Å². The minimum absolute atomic E-state index is 0.0157. The molecule has 2 fully saturated rings. The highest BCUT2D eigenvalue weighted by atomic mass is 19.1. The van der Waals surface area contributed by atoms with Crippen LogP contribution in [0.25, 0.3) is 16.9 Å². The van der Waals surface area contributed by atoms with E-state index < -0.39 is 0 Å². The Morgan fingerprint density at radius 3 is 2.42 bits per heavy atom. The van der Waals surface area contributed by atoms with Crippen molar-refractivity contribution < 1.29 is 13.9 Å². The van der Waals surface area contributed by atoms with Crippen molar-refractivity contribution in [2.75, 3.05) is 13.7 Å². The van der Waals surface area contributed by atoms with Gasteiger partial charge in [-0.3, -0.25) is 4.79 Å². The summed E-state index contributed by atoms with van der Waals surface area (Å²) in [6.45, 7) is 7.66. The summed E-state index contributed by atoms with van der Waals surface area (Å²) < 4.78 is 20.5. The standard InChI is InChI=1S/C27H30FN3O2/c1-26(2)14-21-15-27(3,16-26)17-30(21)25(32)24-13-23(18-5-11-22(33-4)12-6-18)29-31(24)20-9-7-19(28)8-10-20/h5-13,21H,14-17H2,1-4H3. The van der Waals surface area contributed by atoms with Gasteiger partial charge in [-0.2, -0.15) is 5.10 Å². The number of halogens is 1. The Hall–Kier alpha value is -3.15. The van der Waals surface area contributed by atoms with Crippen LogP contribution >= 0.6 is 0 Å². The van der Waals surface area contributed by atoms with Crippen LogP contribution in [0, 0.1) is 16.6 Å². The molecule has 2 atom stereocenters.